The molecule has 0 aromatic heterocycles. The summed E-state index contributed by atoms with van der Waals surface area (Å²) in [5.74, 6) is 0.441. The van der Waals surface area contributed by atoms with Crippen LogP contribution in [0.4, 0.5) is 4.39 Å². The molecule has 0 aliphatic carbocycles. The average molecular weight is 387 g/mol. The van der Waals surface area contributed by atoms with Crippen LogP contribution in [0, 0.1) is 5.82 Å². The first kappa shape index (κ1) is 17.3. The van der Waals surface area contributed by atoms with Crippen molar-refractivity contribution < 1.29 is 9.13 Å². The van der Waals surface area contributed by atoms with E-state index in [0.717, 1.165) is 21.3 Å². The Balaban J connectivity index is 2.11. The topological polar surface area (TPSA) is 21.3 Å². The Labute approximate surface area is 143 Å². The van der Waals surface area contributed by atoms with E-state index in [0.29, 0.717) is 24.2 Å². The zero-order chi connectivity index (χ0) is 16.1. The highest BCUT2D eigenvalue weighted by Crippen LogP contribution is 2.25. The molecular formula is C17H18BrClFNO. The highest BCUT2D eigenvalue weighted by atomic mass is 79.9. The van der Waals surface area contributed by atoms with Crippen LogP contribution in [0.1, 0.15) is 25.0 Å². The predicted octanol–water partition coefficient (Wildman–Crippen LogP) is 5.32. The minimum absolute atomic E-state index is 0.301. The van der Waals surface area contributed by atoms with E-state index in [2.05, 4.69) is 35.1 Å². The quantitative estimate of drug-likeness (QED) is 0.725. The third-order valence-electron chi connectivity index (χ3n) is 3.12. The second-order valence-corrected chi connectivity index (χ2v) is 6.63. The zero-order valence-electron chi connectivity index (χ0n) is 12.5. The van der Waals surface area contributed by atoms with E-state index in [-0.39, 0.29) is 5.82 Å². The maximum atomic E-state index is 13.1. The van der Waals surface area contributed by atoms with Crippen LogP contribution < -0.4 is 10.1 Å². The molecule has 0 spiro atoms. The summed E-state index contributed by atoms with van der Waals surface area (Å²) in [6.07, 6.45) is 0. The van der Waals surface area contributed by atoms with Crippen LogP contribution in [0.2, 0.25) is 5.02 Å². The number of benzene rings is 2. The molecular weight excluding hydrogens is 369 g/mol. The van der Waals surface area contributed by atoms with Crippen molar-refractivity contribution in [3.05, 3.63) is 62.8 Å². The van der Waals surface area contributed by atoms with Gasteiger partial charge in [-0.15, -0.1) is 0 Å². The summed E-state index contributed by atoms with van der Waals surface area (Å²) >= 11 is 9.50. The normalized spacial score (nSPS) is 11.0. The molecule has 0 heterocycles. The van der Waals surface area contributed by atoms with Gasteiger partial charge in [0.2, 0.25) is 0 Å². The van der Waals surface area contributed by atoms with Crippen LogP contribution in [0.3, 0.4) is 0 Å². The maximum absolute atomic E-state index is 13.1. The fourth-order valence-corrected chi connectivity index (χ4v) is 2.57. The van der Waals surface area contributed by atoms with Crippen molar-refractivity contribution in [3.63, 3.8) is 0 Å². The largest absolute Gasteiger partial charge is 0.489 e. The number of hydrogen-bond acceptors (Lipinski definition) is 2. The SMILES string of the molecule is CC(C)NCc1cc(Br)ccc1OCc1ccc(F)cc1Cl. The number of hydrogen-bond donors (Lipinski definition) is 1. The first-order valence-electron chi connectivity index (χ1n) is 7.04. The maximum Gasteiger partial charge on any atom is 0.124 e. The van der Waals surface area contributed by atoms with Gasteiger partial charge in [-0.05, 0) is 30.3 Å². The average Bonchev–Trinajstić information content (AvgIpc) is 2.45. The summed E-state index contributed by atoms with van der Waals surface area (Å²) in [6, 6.07) is 10.6. The summed E-state index contributed by atoms with van der Waals surface area (Å²) in [6.45, 7) is 5.20. The zero-order valence-corrected chi connectivity index (χ0v) is 14.8. The van der Waals surface area contributed by atoms with Gasteiger partial charge in [-0.2, -0.15) is 0 Å². The summed E-state index contributed by atoms with van der Waals surface area (Å²) in [5.41, 5.74) is 1.81. The Morgan fingerprint density at radius 2 is 1.95 bits per heavy atom. The van der Waals surface area contributed by atoms with Gasteiger partial charge in [-0.1, -0.05) is 47.4 Å². The lowest BCUT2D eigenvalue weighted by atomic mass is 10.2. The molecule has 0 fully saturated rings. The summed E-state index contributed by atoms with van der Waals surface area (Å²) in [4.78, 5) is 0. The standard InChI is InChI=1S/C17H18BrClFNO/c1-11(2)21-9-13-7-14(18)4-6-17(13)22-10-12-3-5-15(20)8-16(12)19/h3-8,11,21H,9-10H2,1-2H3. The van der Waals surface area contributed by atoms with Crippen molar-refractivity contribution in [2.24, 2.45) is 0 Å². The van der Waals surface area contributed by atoms with Gasteiger partial charge in [0.25, 0.3) is 0 Å². The van der Waals surface area contributed by atoms with Crippen LogP contribution in [-0.2, 0) is 13.2 Å². The van der Waals surface area contributed by atoms with Gasteiger partial charge in [-0.3, -0.25) is 0 Å². The second kappa shape index (κ2) is 7.95. The summed E-state index contributed by atoms with van der Waals surface area (Å²) in [5, 5.41) is 3.74. The van der Waals surface area contributed by atoms with Gasteiger partial charge in [0, 0.05) is 28.2 Å². The highest BCUT2D eigenvalue weighted by molar-refractivity contribution is 9.10. The minimum atomic E-state index is -0.348. The highest BCUT2D eigenvalue weighted by Gasteiger charge is 2.08. The summed E-state index contributed by atoms with van der Waals surface area (Å²) in [7, 11) is 0. The lowest BCUT2D eigenvalue weighted by Crippen LogP contribution is -2.22. The van der Waals surface area contributed by atoms with E-state index < -0.39 is 0 Å². The number of ether oxygens (including phenoxy) is 1. The van der Waals surface area contributed by atoms with Crippen molar-refractivity contribution in [1.82, 2.24) is 5.32 Å². The molecule has 0 bridgehead atoms. The van der Waals surface area contributed by atoms with Crippen molar-refractivity contribution in [1.29, 1.82) is 0 Å². The molecule has 118 valence electrons. The van der Waals surface area contributed by atoms with Gasteiger partial charge in [0.05, 0.1) is 5.02 Å². The molecule has 22 heavy (non-hydrogen) atoms. The Morgan fingerprint density at radius 1 is 1.18 bits per heavy atom. The molecule has 0 unspecified atom stereocenters. The third kappa shape index (κ3) is 4.97. The van der Waals surface area contributed by atoms with E-state index in [9.17, 15) is 4.39 Å². The molecule has 0 amide bonds. The van der Waals surface area contributed by atoms with Gasteiger partial charge in [-0.25, -0.2) is 4.39 Å². The Morgan fingerprint density at radius 3 is 2.64 bits per heavy atom. The third-order valence-corrected chi connectivity index (χ3v) is 3.97. The van der Waals surface area contributed by atoms with E-state index in [1.165, 1.54) is 12.1 Å². The number of rotatable bonds is 6. The predicted molar refractivity (Wildman–Crippen MR) is 91.9 cm³/mol. The molecule has 0 atom stereocenters. The van der Waals surface area contributed by atoms with Crippen LogP contribution >= 0.6 is 27.5 Å². The molecule has 5 heteroatoms. The van der Waals surface area contributed by atoms with Crippen LogP contribution in [0.5, 0.6) is 5.75 Å². The molecule has 2 aromatic carbocycles. The first-order chi connectivity index (χ1) is 10.5. The Kier molecular flexibility index (Phi) is 6.24. The van der Waals surface area contributed by atoms with E-state index in [1.54, 1.807) is 6.07 Å². The van der Waals surface area contributed by atoms with E-state index in [1.807, 2.05) is 18.2 Å². The lowest BCUT2D eigenvalue weighted by molar-refractivity contribution is 0.301. The van der Waals surface area contributed by atoms with Crippen molar-refractivity contribution in [2.75, 3.05) is 0 Å². The van der Waals surface area contributed by atoms with Gasteiger partial charge >= 0.3 is 0 Å². The van der Waals surface area contributed by atoms with Crippen LogP contribution in [0.15, 0.2) is 40.9 Å². The fourth-order valence-electron chi connectivity index (χ4n) is 1.94. The van der Waals surface area contributed by atoms with Gasteiger partial charge < -0.3 is 10.1 Å². The van der Waals surface area contributed by atoms with Crippen molar-refractivity contribution >= 4 is 27.5 Å². The minimum Gasteiger partial charge on any atom is -0.489 e. The molecule has 0 saturated heterocycles. The fraction of sp³-hybridized carbons (Fsp3) is 0.294. The van der Waals surface area contributed by atoms with Crippen molar-refractivity contribution in [2.45, 2.75) is 33.0 Å². The van der Waals surface area contributed by atoms with Crippen molar-refractivity contribution in [3.8, 4) is 5.75 Å². The van der Waals surface area contributed by atoms with E-state index in [4.69, 9.17) is 16.3 Å². The van der Waals surface area contributed by atoms with Crippen LogP contribution in [0.25, 0.3) is 0 Å². The monoisotopic (exact) mass is 385 g/mol. The second-order valence-electron chi connectivity index (χ2n) is 5.31. The lowest BCUT2D eigenvalue weighted by Gasteiger charge is -2.15. The van der Waals surface area contributed by atoms with Crippen LogP contribution in [-0.4, -0.2) is 6.04 Å². The smallest absolute Gasteiger partial charge is 0.124 e. The molecule has 1 N–H and O–H groups in total. The summed E-state index contributed by atoms with van der Waals surface area (Å²) < 4.78 is 19.9. The molecule has 0 radical (unpaired) electrons. The molecule has 0 aliphatic rings. The molecule has 2 aromatic rings. The molecule has 0 saturated carbocycles. The Bertz CT molecular complexity index is 649. The van der Waals surface area contributed by atoms with Gasteiger partial charge in [0.15, 0.2) is 0 Å². The first-order valence-corrected chi connectivity index (χ1v) is 8.21. The molecule has 2 rings (SSSR count). The Hall–Kier alpha value is -1.10. The molecule has 2 nitrogen and oxygen atoms in total. The number of nitrogens with one attached hydrogen (secondary N) is 1. The number of halogens is 3. The van der Waals surface area contributed by atoms with Gasteiger partial charge in [0.1, 0.15) is 18.2 Å². The van der Waals surface area contributed by atoms with E-state index >= 15 is 0 Å². The molecule has 0 aliphatic heterocycles.